The molecule has 0 aliphatic carbocycles. The number of rotatable bonds is 2. The molecule has 0 unspecified atom stereocenters. The predicted octanol–water partition coefficient (Wildman–Crippen LogP) is 4.08. The molecule has 0 saturated carbocycles. The Hall–Kier alpha value is -2.31. The molecule has 0 bridgehead atoms. The van der Waals surface area contributed by atoms with E-state index in [1.807, 2.05) is 48.7 Å². The van der Waals surface area contributed by atoms with Crippen molar-refractivity contribution >= 4 is 32.9 Å². The summed E-state index contributed by atoms with van der Waals surface area (Å²) >= 11 is 3.07. The number of nitrogens with one attached hydrogen (secondary N) is 1. The second kappa shape index (κ2) is 5.15. The van der Waals surface area contributed by atoms with E-state index in [1.54, 1.807) is 11.3 Å². The Balaban J connectivity index is 1.90. The number of aryl methyl sites for hydroxylation is 1. The second-order valence-electron chi connectivity index (χ2n) is 4.86. The van der Waals surface area contributed by atoms with Crippen LogP contribution in [0.5, 0.6) is 0 Å². The van der Waals surface area contributed by atoms with Gasteiger partial charge in [0.05, 0.1) is 10.4 Å². The fourth-order valence-electron chi connectivity index (χ4n) is 2.27. The summed E-state index contributed by atoms with van der Waals surface area (Å²) in [6.07, 6.45) is 0. The van der Waals surface area contributed by atoms with E-state index >= 15 is 0 Å². The lowest BCUT2D eigenvalue weighted by Crippen LogP contribution is -2.08. The van der Waals surface area contributed by atoms with Gasteiger partial charge in [0, 0.05) is 10.3 Å². The van der Waals surface area contributed by atoms with Gasteiger partial charge in [0.25, 0.3) is 5.56 Å². The molecule has 0 radical (unpaired) electrons. The van der Waals surface area contributed by atoms with Crippen LogP contribution in [0.3, 0.4) is 0 Å². The summed E-state index contributed by atoms with van der Waals surface area (Å²) in [5.41, 5.74) is 1.69. The molecule has 4 nitrogen and oxygen atoms in total. The number of benzene rings is 1. The van der Waals surface area contributed by atoms with Crippen molar-refractivity contribution in [1.82, 2.24) is 15.0 Å². The predicted molar refractivity (Wildman–Crippen MR) is 91.5 cm³/mol. The zero-order valence-electron chi connectivity index (χ0n) is 11.7. The number of fused-ring (bicyclic) bond motifs is 1. The molecule has 108 valence electrons. The SMILES string of the molecule is Cc1nc(-c2nc3sc(-c4ccccc4)cc3c(=O)[nH]2)cs1. The van der Waals surface area contributed by atoms with Crippen LogP contribution in [0.2, 0.25) is 0 Å². The van der Waals surface area contributed by atoms with Crippen molar-refractivity contribution in [1.29, 1.82) is 0 Å². The molecule has 6 heteroatoms. The second-order valence-corrected chi connectivity index (χ2v) is 6.95. The molecular formula is C16H11N3OS2. The molecule has 22 heavy (non-hydrogen) atoms. The highest BCUT2D eigenvalue weighted by Crippen LogP contribution is 2.31. The Morgan fingerprint density at radius 1 is 1.14 bits per heavy atom. The third-order valence-corrected chi connectivity index (χ3v) is 5.17. The van der Waals surface area contributed by atoms with E-state index in [9.17, 15) is 4.79 Å². The van der Waals surface area contributed by atoms with Crippen molar-refractivity contribution in [3.63, 3.8) is 0 Å². The first kappa shape index (κ1) is 13.4. The summed E-state index contributed by atoms with van der Waals surface area (Å²) in [5, 5.41) is 3.49. The molecule has 0 fully saturated rings. The maximum atomic E-state index is 12.3. The van der Waals surface area contributed by atoms with Gasteiger partial charge in [-0.05, 0) is 18.6 Å². The number of aromatic amines is 1. The van der Waals surface area contributed by atoms with Gasteiger partial charge in [-0.1, -0.05) is 30.3 Å². The topological polar surface area (TPSA) is 58.6 Å². The minimum absolute atomic E-state index is 0.121. The van der Waals surface area contributed by atoms with Crippen molar-refractivity contribution in [2.75, 3.05) is 0 Å². The van der Waals surface area contributed by atoms with Gasteiger partial charge in [-0.15, -0.1) is 22.7 Å². The number of thiazole rings is 1. The Labute approximate surface area is 134 Å². The van der Waals surface area contributed by atoms with Crippen LogP contribution in [-0.2, 0) is 0 Å². The van der Waals surface area contributed by atoms with Crippen LogP contribution in [0.1, 0.15) is 5.01 Å². The van der Waals surface area contributed by atoms with Crippen LogP contribution in [0.25, 0.3) is 32.2 Å². The van der Waals surface area contributed by atoms with Gasteiger partial charge in [0.2, 0.25) is 0 Å². The molecule has 1 aromatic carbocycles. The van der Waals surface area contributed by atoms with Gasteiger partial charge >= 0.3 is 0 Å². The Morgan fingerprint density at radius 2 is 1.95 bits per heavy atom. The van der Waals surface area contributed by atoms with E-state index in [-0.39, 0.29) is 5.56 Å². The average Bonchev–Trinajstić information content (AvgIpc) is 3.14. The molecule has 0 aliphatic heterocycles. The minimum Gasteiger partial charge on any atom is -0.305 e. The highest BCUT2D eigenvalue weighted by Gasteiger charge is 2.12. The van der Waals surface area contributed by atoms with Gasteiger partial charge in [-0.2, -0.15) is 0 Å². The Kier molecular flexibility index (Phi) is 3.13. The van der Waals surface area contributed by atoms with Crippen molar-refractivity contribution in [2.24, 2.45) is 0 Å². The molecule has 0 saturated heterocycles. The van der Waals surface area contributed by atoms with Crippen molar-refractivity contribution in [3.8, 4) is 22.0 Å². The minimum atomic E-state index is -0.121. The molecule has 4 rings (SSSR count). The zero-order chi connectivity index (χ0) is 15.1. The number of hydrogen-bond donors (Lipinski definition) is 1. The van der Waals surface area contributed by atoms with E-state index in [2.05, 4.69) is 15.0 Å². The lowest BCUT2D eigenvalue weighted by molar-refractivity contribution is 1.15. The van der Waals surface area contributed by atoms with Crippen molar-refractivity contribution < 1.29 is 0 Å². The Morgan fingerprint density at radius 3 is 2.68 bits per heavy atom. The molecule has 0 atom stereocenters. The van der Waals surface area contributed by atoms with Crippen LogP contribution in [0.15, 0.2) is 46.6 Å². The van der Waals surface area contributed by atoms with Crippen LogP contribution in [0, 0.1) is 6.92 Å². The fourth-order valence-corrected chi connectivity index (χ4v) is 3.90. The van der Waals surface area contributed by atoms with Gasteiger partial charge in [0.15, 0.2) is 5.82 Å². The summed E-state index contributed by atoms with van der Waals surface area (Å²) in [7, 11) is 0. The van der Waals surface area contributed by atoms with Crippen molar-refractivity contribution in [3.05, 3.63) is 57.1 Å². The molecule has 3 aromatic heterocycles. The summed E-state index contributed by atoms with van der Waals surface area (Å²) in [6, 6.07) is 11.9. The van der Waals surface area contributed by atoms with E-state index in [1.165, 1.54) is 11.3 Å². The van der Waals surface area contributed by atoms with E-state index < -0.39 is 0 Å². The normalized spacial score (nSPS) is 11.1. The number of hydrogen-bond acceptors (Lipinski definition) is 5. The van der Waals surface area contributed by atoms with E-state index in [4.69, 9.17) is 0 Å². The highest BCUT2D eigenvalue weighted by atomic mass is 32.1. The molecule has 1 N–H and O–H groups in total. The first-order valence-electron chi connectivity index (χ1n) is 6.72. The van der Waals surface area contributed by atoms with Crippen LogP contribution < -0.4 is 5.56 Å². The monoisotopic (exact) mass is 325 g/mol. The molecule has 4 aromatic rings. The number of H-pyrrole nitrogens is 1. The Bertz CT molecular complexity index is 1010. The average molecular weight is 325 g/mol. The third kappa shape index (κ3) is 2.26. The summed E-state index contributed by atoms with van der Waals surface area (Å²) < 4.78 is 0. The first-order valence-corrected chi connectivity index (χ1v) is 8.42. The van der Waals surface area contributed by atoms with Crippen LogP contribution in [-0.4, -0.2) is 15.0 Å². The van der Waals surface area contributed by atoms with Gasteiger partial charge in [0.1, 0.15) is 10.5 Å². The summed E-state index contributed by atoms with van der Waals surface area (Å²) in [5.74, 6) is 0.531. The summed E-state index contributed by atoms with van der Waals surface area (Å²) in [4.78, 5) is 25.9. The van der Waals surface area contributed by atoms with E-state index in [0.29, 0.717) is 11.2 Å². The van der Waals surface area contributed by atoms with Gasteiger partial charge < -0.3 is 4.98 Å². The quantitative estimate of drug-likeness (QED) is 0.604. The number of nitrogens with zero attached hydrogens (tertiary/aromatic N) is 2. The molecule has 0 aliphatic rings. The lowest BCUT2D eigenvalue weighted by Gasteiger charge is -1.95. The zero-order valence-corrected chi connectivity index (χ0v) is 13.3. The standard InChI is InChI=1S/C16H11N3OS2/c1-9-17-12(8-21-9)14-18-15(20)11-7-13(22-16(11)19-14)10-5-3-2-4-6-10/h2-8H,1H3,(H,18,19,20). The van der Waals surface area contributed by atoms with Crippen LogP contribution in [0.4, 0.5) is 0 Å². The summed E-state index contributed by atoms with van der Waals surface area (Å²) in [6.45, 7) is 1.93. The van der Waals surface area contributed by atoms with Crippen LogP contribution >= 0.6 is 22.7 Å². The smallest absolute Gasteiger partial charge is 0.259 e. The van der Waals surface area contributed by atoms with E-state index in [0.717, 1.165) is 26.0 Å². The first-order chi connectivity index (χ1) is 10.7. The molecular weight excluding hydrogens is 314 g/mol. The highest BCUT2D eigenvalue weighted by molar-refractivity contribution is 7.21. The molecule has 3 heterocycles. The molecule has 0 spiro atoms. The van der Waals surface area contributed by atoms with Gasteiger partial charge in [-0.3, -0.25) is 4.79 Å². The number of aromatic nitrogens is 3. The molecule has 0 amide bonds. The maximum Gasteiger partial charge on any atom is 0.259 e. The van der Waals surface area contributed by atoms with Crippen molar-refractivity contribution in [2.45, 2.75) is 6.92 Å². The third-order valence-electron chi connectivity index (χ3n) is 3.32. The number of thiophene rings is 1. The fraction of sp³-hybridized carbons (Fsp3) is 0.0625. The maximum absolute atomic E-state index is 12.3. The van der Waals surface area contributed by atoms with Gasteiger partial charge in [-0.25, -0.2) is 9.97 Å². The lowest BCUT2D eigenvalue weighted by atomic mass is 10.2. The largest absolute Gasteiger partial charge is 0.305 e.